The molecule has 0 heterocycles. The number of rotatable bonds is 2. The van der Waals surface area contributed by atoms with E-state index in [1.807, 2.05) is 18.2 Å². The molecule has 0 amide bonds. The average molecular weight is 521 g/mol. The highest BCUT2D eigenvalue weighted by atomic mass is 16.5. The van der Waals surface area contributed by atoms with E-state index in [-0.39, 0.29) is 35.1 Å². The number of carbonyl (C=O) groups is 1. The van der Waals surface area contributed by atoms with Crippen LogP contribution >= 0.6 is 0 Å². The number of hydrogen-bond donors (Lipinski definition) is 2. The van der Waals surface area contributed by atoms with Crippen LogP contribution in [0.25, 0.3) is 11.1 Å². The van der Waals surface area contributed by atoms with Crippen LogP contribution in [0.1, 0.15) is 68.9 Å². The van der Waals surface area contributed by atoms with E-state index in [0.717, 1.165) is 49.8 Å². The van der Waals surface area contributed by atoms with Crippen molar-refractivity contribution in [2.75, 3.05) is 13.7 Å². The fourth-order valence-corrected chi connectivity index (χ4v) is 9.13. The molecule has 1 spiro atoms. The summed E-state index contributed by atoms with van der Waals surface area (Å²) in [5.41, 5.74) is 7.95. The van der Waals surface area contributed by atoms with Gasteiger partial charge in [0.05, 0.1) is 7.11 Å². The van der Waals surface area contributed by atoms with Crippen LogP contribution in [0.15, 0.2) is 65.3 Å². The summed E-state index contributed by atoms with van der Waals surface area (Å²) in [5, 5.41) is 21.4. The van der Waals surface area contributed by atoms with Gasteiger partial charge in [0, 0.05) is 23.2 Å². The van der Waals surface area contributed by atoms with E-state index in [1.54, 1.807) is 12.7 Å². The second kappa shape index (κ2) is 8.68. The van der Waals surface area contributed by atoms with E-state index in [1.165, 1.54) is 27.8 Å². The van der Waals surface area contributed by atoms with Crippen molar-refractivity contribution in [3.05, 3.63) is 76.4 Å². The number of ether oxygens (including phenoxy) is 1. The molecule has 4 heteroatoms. The number of hydrogen-bond acceptors (Lipinski definition) is 4. The molecule has 2 N–H and O–H groups in total. The summed E-state index contributed by atoms with van der Waals surface area (Å²) in [6.45, 7) is 2.01. The standard InChI is InChI=1S/C35H36O4/c1-33-21-30-28-10-6-23(22-4-8-27(39-2)9-5-22)18-24(28)20-34-15-12-26(37)19-25(34)7-11-29(32(30)34)31(33)13-16-35(33,38)14-3-17-36/h4-6,8-10,18-19,30-31,36,38H,7,11-13,15-17,20-21H2,1-2H3/t30-,31+,33+,34-,35+/m1/s1. The average Bonchev–Trinajstić information content (AvgIpc) is 3.22. The first-order valence-corrected chi connectivity index (χ1v) is 14.4. The molecular weight excluding hydrogens is 484 g/mol. The molecule has 5 aliphatic rings. The van der Waals surface area contributed by atoms with E-state index in [0.29, 0.717) is 12.8 Å². The predicted molar refractivity (Wildman–Crippen MR) is 151 cm³/mol. The third-order valence-electron chi connectivity index (χ3n) is 11.0. The van der Waals surface area contributed by atoms with Gasteiger partial charge in [0.15, 0.2) is 5.78 Å². The first kappa shape index (κ1) is 24.9. The van der Waals surface area contributed by atoms with E-state index >= 15 is 0 Å². The van der Waals surface area contributed by atoms with Gasteiger partial charge in [-0.1, -0.05) is 65.8 Å². The first-order valence-electron chi connectivity index (χ1n) is 14.4. The summed E-state index contributed by atoms with van der Waals surface area (Å²) in [5.74, 6) is 7.52. The van der Waals surface area contributed by atoms with Crippen LogP contribution in [0.5, 0.6) is 5.75 Å². The number of benzene rings is 2. The molecule has 2 aromatic carbocycles. The van der Waals surface area contributed by atoms with Gasteiger partial charge in [0.1, 0.15) is 18.0 Å². The van der Waals surface area contributed by atoms with Gasteiger partial charge in [-0.2, -0.15) is 0 Å². The Morgan fingerprint density at radius 1 is 1.05 bits per heavy atom. The quantitative estimate of drug-likeness (QED) is 0.381. The van der Waals surface area contributed by atoms with Gasteiger partial charge < -0.3 is 14.9 Å². The number of methoxy groups -OCH3 is 1. The third kappa shape index (κ3) is 3.43. The van der Waals surface area contributed by atoms with Gasteiger partial charge >= 0.3 is 0 Å². The Morgan fingerprint density at radius 2 is 1.85 bits per heavy atom. The molecule has 1 saturated carbocycles. The molecule has 200 valence electrons. The van der Waals surface area contributed by atoms with E-state index in [2.05, 4.69) is 49.1 Å². The molecule has 0 aromatic heterocycles. The molecule has 4 nitrogen and oxygen atoms in total. The second-order valence-corrected chi connectivity index (χ2v) is 12.6. The number of aliphatic hydroxyl groups is 2. The number of allylic oxidation sites excluding steroid dienone is 4. The molecule has 7 rings (SSSR count). The van der Waals surface area contributed by atoms with E-state index in [4.69, 9.17) is 4.74 Å². The van der Waals surface area contributed by atoms with E-state index < -0.39 is 5.60 Å². The number of carbonyl (C=O) groups excluding carboxylic acids is 1. The van der Waals surface area contributed by atoms with Crippen LogP contribution in [0.4, 0.5) is 0 Å². The minimum atomic E-state index is -1.11. The lowest BCUT2D eigenvalue weighted by Gasteiger charge is -2.58. The second-order valence-electron chi connectivity index (χ2n) is 12.6. The van der Waals surface area contributed by atoms with Crippen molar-refractivity contribution in [1.29, 1.82) is 0 Å². The normalized spacial score (nSPS) is 34.2. The molecule has 39 heavy (non-hydrogen) atoms. The van der Waals surface area contributed by atoms with Crippen molar-refractivity contribution in [2.24, 2.45) is 16.7 Å². The maximum absolute atomic E-state index is 12.6. The van der Waals surface area contributed by atoms with Crippen LogP contribution in [-0.4, -0.2) is 35.3 Å². The van der Waals surface area contributed by atoms with Crippen LogP contribution < -0.4 is 4.74 Å². The van der Waals surface area contributed by atoms with Gasteiger partial charge in [-0.05, 0) is 91.3 Å². The molecule has 5 aliphatic carbocycles. The topological polar surface area (TPSA) is 66.8 Å². The molecule has 0 aliphatic heterocycles. The number of fused-ring (bicyclic) bond motifs is 4. The largest absolute Gasteiger partial charge is 0.497 e. The summed E-state index contributed by atoms with van der Waals surface area (Å²) < 4.78 is 5.37. The zero-order chi connectivity index (χ0) is 27.0. The van der Waals surface area contributed by atoms with Crippen LogP contribution in [0.2, 0.25) is 0 Å². The Morgan fingerprint density at radius 3 is 2.62 bits per heavy atom. The zero-order valence-electron chi connectivity index (χ0n) is 22.8. The fourth-order valence-electron chi connectivity index (χ4n) is 9.13. The lowest BCUT2D eigenvalue weighted by atomic mass is 9.45. The van der Waals surface area contributed by atoms with Gasteiger partial charge in [-0.3, -0.25) is 4.79 Å². The van der Waals surface area contributed by atoms with Crippen molar-refractivity contribution in [2.45, 2.75) is 69.8 Å². The fraction of sp³-hybridized carbons (Fsp3) is 0.457. The van der Waals surface area contributed by atoms with Crippen molar-refractivity contribution < 1.29 is 19.7 Å². The molecule has 2 aromatic rings. The predicted octanol–water partition coefficient (Wildman–Crippen LogP) is 5.91. The molecule has 1 fully saturated rings. The Hall–Kier alpha value is -3.13. The zero-order valence-corrected chi connectivity index (χ0v) is 22.8. The highest BCUT2D eigenvalue weighted by Gasteiger charge is 2.64. The lowest BCUT2D eigenvalue weighted by molar-refractivity contribution is -0.115. The molecular formula is C35H36O4. The summed E-state index contributed by atoms with van der Waals surface area (Å²) in [6.07, 6.45) is 8.72. The molecule has 0 unspecified atom stereocenters. The van der Waals surface area contributed by atoms with Crippen molar-refractivity contribution >= 4 is 5.78 Å². The van der Waals surface area contributed by atoms with Crippen molar-refractivity contribution in [1.82, 2.24) is 0 Å². The van der Waals surface area contributed by atoms with Crippen LogP contribution in [0, 0.1) is 28.6 Å². The Balaban J connectivity index is 1.42. The van der Waals surface area contributed by atoms with Crippen LogP contribution in [0.3, 0.4) is 0 Å². The van der Waals surface area contributed by atoms with Gasteiger partial charge in [-0.25, -0.2) is 0 Å². The highest BCUT2D eigenvalue weighted by molar-refractivity contribution is 5.92. The Labute approximate surface area is 230 Å². The SMILES string of the molecule is COc1ccc(-c2ccc3c(c2)C[C@]24CCC(=O)C=C2CCC2=C4[C@@H]3C[C@@]3(C)[C@H]2CC[C@@]3(O)C#CCO)cc1. The van der Waals surface area contributed by atoms with Gasteiger partial charge in [0.25, 0.3) is 0 Å². The van der Waals surface area contributed by atoms with Crippen molar-refractivity contribution in [3.63, 3.8) is 0 Å². The lowest BCUT2D eigenvalue weighted by Crippen LogP contribution is -2.52. The minimum absolute atomic E-state index is 0.0868. The smallest absolute Gasteiger partial charge is 0.155 e. The first-order chi connectivity index (χ1) is 18.8. The molecule has 0 radical (unpaired) electrons. The number of aliphatic hydroxyl groups excluding tert-OH is 1. The molecule has 0 saturated heterocycles. The monoisotopic (exact) mass is 520 g/mol. The van der Waals surface area contributed by atoms with Crippen molar-refractivity contribution in [3.8, 4) is 28.7 Å². The Bertz CT molecular complexity index is 1500. The number of ketones is 1. The van der Waals surface area contributed by atoms with Gasteiger partial charge in [-0.15, -0.1) is 0 Å². The maximum atomic E-state index is 12.6. The molecule has 0 bridgehead atoms. The summed E-state index contributed by atoms with van der Waals surface area (Å²) >= 11 is 0. The van der Waals surface area contributed by atoms with Gasteiger partial charge in [0.2, 0.25) is 0 Å². The molecule has 5 atom stereocenters. The highest BCUT2D eigenvalue weighted by Crippen LogP contribution is 2.70. The van der Waals surface area contributed by atoms with Crippen LogP contribution in [-0.2, 0) is 11.2 Å². The van der Waals surface area contributed by atoms with E-state index in [9.17, 15) is 15.0 Å². The third-order valence-corrected chi connectivity index (χ3v) is 11.0. The minimum Gasteiger partial charge on any atom is -0.497 e. The Kier molecular flexibility index (Phi) is 5.54. The summed E-state index contributed by atoms with van der Waals surface area (Å²) in [4.78, 5) is 12.6. The maximum Gasteiger partial charge on any atom is 0.155 e. The summed E-state index contributed by atoms with van der Waals surface area (Å²) in [7, 11) is 1.69. The summed E-state index contributed by atoms with van der Waals surface area (Å²) in [6, 6.07) is 15.2.